The van der Waals surface area contributed by atoms with E-state index in [9.17, 15) is 4.79 Å². The van der Waals surface area contributed by atoms with Crippen LogP contribution in [0.1, 0.15) is 35.9 Å². The van der Waals surface area contributed by atoms with Gasteiger partial charge in [0.25, 0.3) is 0 Å². The van der Waals surface area contributed by atoms with Crippen LogP contribution in [0.5, 0.6) is 11.5 Å². The van der Waals surface area contributed by atoms with Gasteiger partial charge >= 0.3 is 0 Å². The summed E-state index contributed by atoms with van der Waals surface area (Å²) in [4.78, 5) is 17.9. The first kappa shape index (κ1) is 20.1. The number of Topliss-reactive ketones (excluding diaryl/α,β-unsaturated/α-hetero) is 1. The van der Waals surface area contributed by atoms with Gasteiger partial charge in [0, 0.05) is 30.1 Å². The van der Waals surface area contributed by atoms with Crippen LogP contribution in [0.15, 0.2) is 78.3 Å². The van der Waals surface area contributed by atoms with E-state index in [0.717, 1.165) is 40.2 Å². The first-order chi connectivity index (χ1) is 15.7. The Bertz CT molecular complexity index is 1190. The van der Waals surface area contributed by atoms with Crippen molar-refractivity contribution in [3.05, 3.63) is 89.4 Å². The maximum Gasteiger partial charge on any atom is 0.163 e. The normalized spacial score (nSPS) is 19.8. The molecule has 2 heterocycles. The van der Waals surface area contributed by atoms with E-state index in [2.05, 4.69) is 15.6 Å². The molecule has 0 saturated carbocycles. The molecule has 3 aromatic rings. The van der Waals surface area contributed by atoms with Crippen LogP contribution in [0.25, 0.3) is 0 Å². The van der Waals surface area contributed by atoms with Gasteiger partial charge in [-0.15, -0.1) is 0 Å². The molecule has 0 unspecified atom stereocenters. The number of pyridine rings is 1. The van der Waals surface area contributed by atoms with Crippen molar-refractivity contribution in [2.24, 2.45) is 0 Å². The minimum Gasteiger partial charge on any atom is -0.493 e. The molecule has 0 saturated heterocycles. The van der Waals surface area contributed by atoms with Crippen molar-refractivity contribution >= 4 is 17.2 Å². The number of allylic oxidation sites excluding steroid dienone is 1. The lowest BCUT2D eigenvalue weighted by molar-refractivity contribution is -0.116. The molecule has 6 nitrogen and oxygen atoms in total. The molecule has 6 heteroatoms. The topological polar surface area (TPSA) is 72.5 Å². The lowest BCUT2D eigenvalue weighted by Crippen LogP contribution is -2.27. The quantitative estimate of drug-likeness (QED) is 0.605. The maximum absolute atomic E-state index is 13.6. The van der Waals surface area contributed by atoms with Crippen LogP contribution in [0.3, 0.4) is 0 Å². The smallest absolute Gasteiger partial charge is 0.163 e. The van der Waals surface area contributed by atoms with Crippen LogP contribution in [-0.2, 0) is 4.79 Å². The molecule has 2 aliphatic rings. The monoisotopic (exact) mass is 427 g/mol. The van der Waals surface area contributed by atoms with E-state index in [0.29, 0.717) is 17.9 Å². The zero-order valence-corrected chi connectivity index (χ0v) is 18.1. The molecule has 1 aromatic heterocycles. The zero-order valence-electron chi connectivity index (χ0n) is 18.1. The molecule has 0 bridgehead atoms. The molecule has 1 aliphatic carbocycles. The number of aromatic nitrogens is 1. The Hall–Kier alpha value is -3.80. The Labute approximate surface area is 187 Å². The number of carbonyl (C=O) groups is 1. The molecule has 5 rings (SSSR count). The zero-order chi connectivity index (χ0) is 22.1. The summed E-state index contributed by atoms with van der Waals surface area (Å²) in [5, 5.41) is 7.14. The molecular formula is C26H25N3O3. The number of benzene rings is 2. The molecule has 0 fully saturated rings. The van der Waals surface area contributed by atoms with Crippen molar-refractivity contribution in [3.63, 3.8) is 0 Å². The lowest BCUT2D eigenvalue weighted by atomic mass is 9.78. The third kappa shape index (κ3) is 3.58. The van der Waals surface area contributed by atoms with Gasteiger partial charge in [-0.1, -0.05) is 24.3 Å². The molecule has 0 spiro atoms. The number of ketones is 1. The number of para-hydroxylation sites is 2. The average Bonchev–Trinajstić information content (AvgIpc) is 3.01. The van der Waals surface area contributed by atoms with Crippen LogP contribution in [0, 0.1) is 0 Å². The van der Waals surface area contributed by atoms with Crippen LogP contribution in [0.2, 0.25) is 0 Å². The van der Waals surface area contributed by atoms with Gasteiger partial charge in [-0.3, -0.25) is 9.78 Å². The van der Waals surface area contributed by atoms with Gasteiger partial charge in [0.1, 0.15) is 0 Å². The third-order valence-corrected chi connectivity index (χ3v) is 6.21. The van der Waals surface area contributed by atoms with E-state index in [4.69, 9.17) is 9.47 Å². The van der Waals surface area contributed by atoms with Gasteiger partial charge in [0.15, 0.2) is 17.3 Å². The second-order valence-electron chi connectivity index (χ2n) is 8.07. The highest BCUT2D eigenvalue weighted by atomic mass is 16.5. The average molecular weight is 428 g/mol. The Morgan fingerprint density at radius 1 is 0.906 bits per heavy atom. The number of nitrogens with zero attached hydrogens (tertiary/aromatic N) is 1. The van der Waals surface area contributed by atoms with Gasteiger partial charge in [-0.25, -0.2) is 0 Å². The molecule has 2 aromatic carbocycles. The Morgan fingerprint density at radius 3 is 2.47 bits per heavy atom. The highest BCUT2D eigenvalue weighted by Crippen LogP contribution is 2.45. The molecule has 32 heavy (non-hydrogen) atoms. The molecule has 2 N–H and O–H groups in total. The van der Waals surface area contributed by atoms with Crippen molar-refractivity contribution in [3.8, 4) is 11.5 Å². The number of hydrogen-bond donors (Lipinski definition) is 2. The molecule has 1 aliphatic heterocycles. The largest absolute Gasteiger partial charge is 0.493 e. The Kier molecular flexibility index (Phi) is 5.27. The number of ether oxygens (including phenoxy) is 2. The van der Waals surface area contributed by atoms with Gasteiger partial charge < -0.3 is 20.1 Å². The fraction of sp³-hybridized carbons (Fsp3) is 0.231. The van der Waals surface area contributed by atoms with Crippen LogP contribution in [-0.4, -0.2) is 25.0 Å². The van der Waals surface area contributed by atoms with Crippen molar-refractivity contribution in [2.45, 2.75) is 24.8 Å². The molecule has 162 valence electrons. The number of nitrogens with one attached hydrogen (secondary N) is 2. The summed E-state index contributed by atoms with van der Waals surface area (Å²) in [7, 11) is 3.25. The highest BCUT2D eigenvalue weighted by molar-refractivity contribution is 6.01. The van der Waals surface area contributed by atoms with E-state index in [1.807, 2.05) is 60.8 Å². The van der Waals surface area contributed by atoms with Crippen LogP contribution >= 0.6 is 0 Å². The fourth-order valence-electron chi connectivity index (χ4n) is 4.63. The van der Waals surface area contributed by atoms with E-state index < -0.39 is 0 Å². The Balaban J connectivity index is 1.57. The summed E-state index contributed by atoms with van der Waals surface area (Å²) in [5.41, 5.74) is 5.70. The van der Waals surface area contributed by atoms with E-state index >= 15 is 0 Å². The molecule has 0 radical (unpaired) electrons. The minimum atomic E-state index is -0.256. The van der Waals surface area contributed by atoms with Crippen molar-refractivity contribution in [1.82, 2.24) is 4.98 Å². The van der Waals surface area contributed by atoms with Gasteiger partial charge in [-0.05, 0) is 53.8 Å². The molecular weight excluding hydrogens is 402 g/mol. The van der Waals surface area contributed by atoms with Crippen molar-refractivity contribution < 1.29 is 14.3 Å². The van der Waals surface area contributed by atoms with Gasteiger partial charge in [0.2, 0.25) is 0 Å². The van der Waals surface area contributed by atoms with E-state index in [-0.39, 0.29) is 17.7 Å². The second kappa shape index (κ2) is 8.38. The first-order valence-corrected chi connectivity index (χ1v) is 10.7. The molecule has 0 amide bonds. The van der Waals surface area contributed by atoms with E-state index in [1.54, 1.807) is 20.4 Å². The van der Waals surface area contributed by atoms with Crippen LogP contribution < -0.4 is 20.1 Å². The molecule has 2 atom stereocenters. The number of hydrogen-bond acceptors (Lipinski definition) is 6. The fourth-order valence-corrected chi connectivity index (χ4v) is 4.63. The first-order valence-electron chi connectivity index (χ1n) is 10.7. The third-order valence-electron chi connectivity index (χ3n) is 6.21. The van der Waals surface area contributed by atoms with Crippen molar-refractivity contribution in [1.29, 1.82) is 0 Å². The number of fused-ring (bicyclic) bond motifs is 1. The number of anilines is 2. The summed E-state index contributed by atoms with van der Waals surface area (Å²) in [6, 6.07) is 17.6. The van der Waals surface area contributed by atoms with E-state index in [1.165, 1.54) is 0 Å². The highest BCUT2D eigenvalue weighted by Gasteiger charge is 2.36. The summed E-state index contributed by atoms with van der Waals surface area (Å²) < 4.78 is 10.9. The predicted molar refractivity (Wildman–Crippen MR) is 124 cm³/mol. The summed E-state index contributed by atoms with van der Waals surface area (Å²) >= 11 is 0. The summed E-state index contributed by atoms with van der Waals surface area (Å²) in [6.45, 7) is 0. The van der Waals surface area contributed by atoms with Gasteiger partial charge in [0.05, 0.1) is 31.6 Å². The standard InChI is InChI=1S/C26H25N3O3/c1-31-23-10-9-16(14-24(23)32-2)18-12-21-25(22(30)13-18)26(17-6-5-11-27-15-17)29-20-8-4-3-7-19(20)28-21/h3-11,14-15,18,26,28-29H,12-13H2,1-2H3/t18-,26-/m0/s1. The number of rotatable bonds is 4. The van der Waals surface area contributed by atoms with Crippen molar-refractivity contribution in [2.75, 3.05) is 24.9 Å². The number of carbonyl (C=O) groups excluding carboxylic acids is 1. The Morgan fingerprint density at radius 2 is 1.72 bits per heavy atom. The van der Waals surface area contributed by atoms with Crippen LogP contribution in [0.4, 0.5) is 11.4 Å². The second-order valence-corrected chi connectivity index (χ2v) is 8.07. The summed E-state index contributed by atoms with van der Waals surface area (Å²) in [6.07, 6.45) is 4.73. The lowest BCUT2D eigenvalue weighted by Gasteiger charge is -2.30. The maximum atomic E-state index is 13.6. The SMILES string of the molecule is COc1ccc([C@@H]2CC(=O)C3=C(C2)Nc2ccccc2N[C@H]3c2cccnc2)cc1OC. The number of methoxy groups -OCH3 is 2. The van der Waals surface area contributed by atoms with Gasteiger partial charge in [-0.2, -0.15) is 0 Å². The summed E-state index contributed by atoms with van der Waals surface area (Å²) in [5.74, 6) is 1.54. The minimum absolute atomic E-state index is 0.0494. The predicted octanol–water partition coefficient (Wildman–Crippen LogP) is 5.08.